The highest BCUT2D eigenvalue weighted by molar-refractivity contribution is 14.1. The molecule has 140 valence electrons. The van der Waals surface area contributed by atoms with E-state index in [1.807, 2.05) is 12.1 Å². The second-order valence-corrected chi connectivity index (χ2v) is 10.9. The van der Waals surface area contributed by atoms with Crippen molar-refractivity contribution in [2.45, 2.75) is 31.6 Å². The summed E-state index contributed by atoms with van der Waals surface area (Å²) < 4.78 is 40.9. The fraction of sp³-hybridized carbons (Fsp3) is 0.235. The summed E-state index contributed by atoms with van der Waals surface area (Å²) in [6.07, 6.45) is 0. The largest absolute Gasteiger partial charge is 0.423 e. The van der Waals surface area contributed by atoms with Crippen molar-refractivity contribution in [3.63, 3.8) is 0 Å². The van der Waals surface area contributed by atoms with Gasteiger partial charge in [0.15, 0.2) is 0 Å². The molecule has 26 heavy (non-hydrogen) atoms. The summed E-state index contributed by atoms with van der Waals surface area (Å²) in [5, 5.41) is 0. The molecular weight excluding hydrogens is 697 g/mol. The highest BCUT2D eigenvalue weighted by atomic mass is 127. The standard InChI is InChI=1S/C17H15I3O5S/c1-8(2)11-7-14(9(3)4-15(11)26(22,23)24)25-17(21)16-12(19)5-10(18)6-13(16)20/h4-8H,1-3H3,(H,22,23,24). The van der Waals surface area contributed by atoms with Crippen molar-refractivity contribution in [1.82, 2.24) is 0 Å². The van der Waals surface area contributed by atoms with Gasteiger partial charge in [0, 0.05) is 10.7 Å². The third-order valence-electron chi connectivity index (χ3n) is 3.62. The highest BCUT2D eigenvalue weighted by Gasteiger charge is 2.23. The lowest BCUT2D eigenvalue weighted by atomic mass is 10.0. The van der Waals surface area contributed by atoms with Crippen LogP contribution in [0.3, 0.4) is 0 Å². The van der Waals surface area contributed by atoms with Gasteiger partial charge in [-0.1, -0.05) is 13.8 Å². The first-order valence-corrected chi connectivity index (χ1v) is 12.1. The topological polar surface area (TPSA) is 80.7 Å². The molecular formula is C17H15I3O5S. The van der Waals surface area contributed by atoms with Crippen LogP contribution in [-0.4, -0.2) is 18.9 Å². The van der Waals surface area contributed by atoms with Gasteiger partial charge in [0.2, 0.25) is 0 Å². The molecule has 0 amide bonds. The van der Waals surface area contributed by atoms with E-state index in [1.165, 1.54) is 12.1 Å². The van der Waals surface area contributed by atoms with Gasteiger partial charge in [-0.2, -0.15) is 8.42 Å². The number of carbonyl (C=O) groups is 1. The summed E-state index contributed by atoms with van der Waals surface area (Å²) in [5.41, 5.74) is 1.31. The van der Waals surface area contributed by atoms with Crippen molar-refractivity contribution in [3.8, 4) is 5.75 Å². The zero-order chi connectivity index (χ0) is 19.8. The minimum absolute atomic E-state index is 0.164. The second kappa shape index (κ2) is 8.57. The van der Waals surface area contributed by atoms with E-state index in [4.69, 9.17) is 4.74 Å². The molecule has 5 nitrogen and oxygen atoms in total. The third kappa shape index (κ3) is 5.08. The van der Waals surface area contributed by atoms with Crippen molar-refractivity contribution < 1.29 is 22.5 Å². The Balaban J connectivity index is 2.51. The van der Waals surface area contributed by atoms with Crippen LogP contribution >= 0.6 is 67.8 Å². The van der Waals surface area contributed by atoms with Gasteiger partial charge in [0.25, 0.3) is 10.1 Å². The van der Waals surface area contributed by atoms with Gasteiger partial charge in [-0.05, 0) is 116 Å². The van der Waals surface area contributed by atoms with Crippen LogP contribution in [0.4, 0.5) is 0 Å². The average molecular weight is 712 g/mol. The number of hydrogen-bond acceptors (Lipinski definition) is 4. The van der Waals surface area contributed by atoms with Crippen LogP contribution in [0.1, 0.15) is 41.3 Å². The maximum atomic E-state index is 12.7. The van der Waals surface area contributed by atoms with Gasteiger partial charge in [-0.15, -0.1) is 0 Å². The van der Waals surface area contributed by atoms with Crippen LogP contribution in [0.5, 0.6) is 5.75 Å². The first kappa shape index (κ1) is 22.3. The first-order chi connectivity index (χ1) is 11.9. The molecule has 0 heterocycles. The van der Waals surface area contributed by atoms with Crippen molar-refractivity contribution in [2.24, 2.45) is 0 Å². The Morgan fingerprint density at radius 1 is 1.08 bits per heavy atom. The van der Waals surface area contributed by atoms with E-state index in [1.54, 1.807) is 20.8 Å². The van der Waals surface area contributed by atoms with Crippen LogP contribution in [-0.2, 0) is 10.1 Å². The number of halogens is 3. The molecule has 0 spiro atoms. The van der Waals surface area contributed by atoms with Gasteiger partial charge in [-0.25, -0.2) is 4.79 Å². The van der Waals surface area contributed by atoms with Crippen molar-refractivity contribution >= 4 is 83.9 Å². The maximum absolute atomic E-state index is 12.7. The molecule has 2 aromatic carbocycles. The normalized spacial score (nSPS) is 11.7. The number of benzene rings is 2. The Morgan fingerprint density at radius 3 is 2.08 bits per heavy atom. The van der Waals surface area contributed by atoms with E-state index >= 15 is 0 Å². The van der Waals surface area contributed by atoms with E-state index in [-0.39, 0.29) is 16.6 Å². The van der Waals surface area contributed by atoms with E-state index < -0.39 is 16.1 Å². The predicted octanol–water partition coefficient (Wildman–Crippen LogP) is 5.40. The van der Waals surface area contributed by atoms with Gasteiger partial charge < -0.3 is 4.74 Å². The van der Waals surface area contributed by atoms with Crippen molar-refractivity contribution in [3.05, 3.63) is 51.7 Å². The minimum atomic E-state index is -4.36. The lowest BCUT2D eigenvalue weighted by Gasteiger charge is -2.16. The molecule has 0 unspecified atom stereocenters. The zero-order valence-electron chi connectivity index (χ0n) is 14.0. The van der Waals surface area contributed by atoms with Crippen molar-refractivity contribution in [1.29, 1.82) is 0 Å². The van der Waals surface area contributed by atoms with E-state index in [2.05, 4.69) is 67.8 Å². The van der Waals surface area contributed by atoms with Gasteiger partial charge in [0.05, 0.1) is 10.5 Å². The average Bonchev–Trinajstić information content (AvgIpc) is 2.46. The molecule has 1 N–H and O–H groups in total. The second-order valence-electron chi connectivity index (χ2n) is 5.92. The molecule has 0 atom stereocenters. The number of rotatable bonds is 4. The van der Waals surface area contributed by atoms with Crippen LogP contribution in [0.25, 0.3) is 0 Å². The van der Waals surface area contributed by atoms with Crippen LogP contribution in [0.15, 0.2) is 29.2 Å². The van der Waals surface area contributed by atoms with E-state index in [0.29, 0.717) is 16.7 Å². The highest BCUT2D eigenvalue weighted by Crippen LogP contribution is 2.32. The molecule has 0 aliphatic rings. The number of aryl methyl sites for hydroxylation is 1. The molecule has 0 fully saturated rings. The molecule has 0 saturated heterocycles. The Kier molecular flexibility index (Phi) is 7.35. The molecule has 0 bridgehead atoms. The molecule has 0 saturated carbocycles. The Hall–Kier alpha value is 0.0100. The zero-order valence-corrected chi connectivity index (χ0v) is 21.3. The lowest BCUT2D eigenvalue weighted by molar-refractivity contribution is 0.0731. The number of esters is 1. The van der Waals surface area contributed by atoms with Gasteiger partial charge in [-0.3, -0.25) is 4.55 Å². The summed E-state index contributed by atoms with van der Waals surface area (Å²) in [5.74, 6) is -0.410. The van der Waals surface area contributed by atoms with E-state index in [9.17, 15) is 17.8 Å². The quantitative estimate of drug-likeness (QED) is 0.199. The predicted molar refractivity (Wildman–Crippen MR) is 125 cm³/mol. The molecule has 0 aliphatic heterocycles. The van der Waals surface area contributed by atoms with Crippen molar-refractivity contribution in [2.75, 3.05) is 0 Å². The summed E-state index contributed by atoms with van der Waals surface area (Å²) in [7, 11) is -4.36. The lowest BCUT2D eigenvalue weighted by Crippen LogP contribution is -2.14. The number of hydrogen-bond donors (Lipinski definition) is 1. The molecule has 0 radical (unpaired) electrons. The van der Waals surface area contributed by atoms with Crippen LogP contribution in [0.2, 0.25) is 0 Å². The fourth-order valence-corrected chi connectivity index (χ4v) is 7.29. The summed E-state index contributed by atoms with van der Waals surface area (Å²) in [6.45, 7) is 5.23. The minimum Gasteiger partial charge on any atom is -0.423 e. The van der Waals surface area contributed by atoms with Crippen LogP contribution in [0, 0.1) is 17.6 Å². The molecule has 9 heteroatoms. The Morgan fingerprint density at radius 2 is 1.62 bits per heavy atom. The molecule has 2 aromatic rings. The molecule has 0 aliphatic carbocycles. The van der Waals surface area contributed by atoms with Crippen LogP contribution < -0.4 is 4.74 Å². The maximum Gasteiger partial charge on any atom is 0.345 e. The van der Waals surface area contributed by atoms with E-state index in [0.717, 1.165) is 10.7 Å². The third-order valence-corrected chi connectivity index (χ3v) is 6.85. The van der Waals surface area contributed by atoms with Gasteiger partial charge >= 0.3 is 5.97 Å². The smallest absolute Gasteiger partial charge is 0.345 e. The summed E-state index contributed by atoms with van der Waals surface area (Å²) in [4.78, 5) is 12.5. The molecule has 2 rings (SSSR count). The summed E-state index contributed by atoms with van der Waals surface area (Å²) in [6, 6.07) is 6.60. The van der Waals surface area contributed by atoms with Gasteiger partial charge in [0.1, 0.15) is 5.75 Å². The number of ether oxygens (including phenoxy) is 1. The molecule has 0 aromatic heterocycles. The Bertz CT molecular complexity index is 961. The summed E-state index contributed by atoms with van der Waals surface area (Å²) >= 11 is 6.36. The first-order valence-electron chi connectivity index (χ1n) is 7.40. The Labute approximate surface area is 193 Å². The fourth-order valence-electron chi connectivity index (χ4n) is 2.35. The monoisotopic (exact) mass is 712 g/mol. The number of carbonyl (C=O) groups excluding carboxylic acids is 1. The SMILES string of the molecule is Cc1cc(S(=O)(=O)O)c(C(C)C)cc1OC(=O)c1c(I)cc(I)cc1I.